The fourth-order valence-corrected chi connectivity index (χ4v) is 1.98. The van der Waals surface area contributed by atoms with Gasteiger partial charge in [-0.1, -0.05) is 19.8 Å². The zero-order chi connectivity index (χ0) is 7.90. The topological polar surface area (TPSA) is 12.0 Å². The molecule has 0 aliphatic heterocycles. The van der Waals surface area contributed by atoms with Gasteiger partial charge in [-0.3, -0.25) is 0 Å². The fraction of sp³-hybridized carbons (Fsp3) is 1.00. The first-order valence-electron chi connectivity index (χ1n) is 4.92. The molecule has 0 saturated heterocycles. The van der Waals surface area contributed by atoms with Crippen molar-refractivity contribution in [3.63, 3.8) is 0 Å². The summed E-state index contributed by atoms with van der Waals surface area (Å²) in [4.78, 5) is 0. The van der Waals surface area contributed by atoms with E-state index in [-0.39, 0.29) is 0 Å². The largest absolute Gasteiger partial charge is 0.316 e. The third-order valence-corrected chi connectivity index (χ3v) is 3.49. The smallest absolute Gasteiger partial charge is 0.0120 e. The van der Waals surface area contributed by atoms with Crippen LogP contribution in [0, 0.1) is 11.3 Å². The van der Waals surface area contributed by atoms with E-state index in [1.165, 1.54) is 32.1 Å². The Morgan fingerprint density at radius 3 is 2.45 bits per heavy atom. The first-order valence-corrected chi connectivity index (χ1v) is 4.92. The van der Waals surface area contributed by atoms with E-state index in [1.54, 1.807) is 0 Å². The van der Waals surface area contributed by atoms with Crippen LogP contribution >= 0.6 is 0 Å². The average Bonchev–Trinajstić information content (AvgIpc) is 2.81. The van der Waals surface area contributed by atoms with Crippen LogP contribution < -0.4 is 5.32 Å². The molecule has 1 atom stereocenters. The highest BCUT2D eigenvalue weighted by atomic mass is 14.9. The molecule has 2 aliphatic rings. The van der Waals surface area contributed by atoms with E-state index in [2.05, 4.69) is 19.3 Å². The molecule has 1 unspecified atom stereocenters. The lowest BCUT2D eigenvalue weighted by atomic mass is 9.94. The summed E-state index contributed by atoms with van der Waals surface area (Å²) in [5, 5.41) is 3.48. The highest BCUT2D eigenvalue weighted by Gasteiger charge is 2.45. The van der Waals surface area contributed by atoms with Crippen molar-refractivity contribution in [1.29, 1.82) is 0 Å². The number of nitrogens with one attached hydrogen (secondary N) is 1. The van der Waals surface area contributed by atoms with Gasteiger partial charge in [0.25, 0.3) is 0 Å². The van der Waals surface area contributed by atoms with Crippen LogP contribution in [0.25, 0.3) is 0 Å². The first-order chi connectivity index (χ1) is 5.24. The summed E-state index contributed by atoms with van der Waals surface area (Å²) in [5.41, 5.74) is 0.678. The molecule has 2 fully saturated rings. The van der Waals surface area contributed by atoms with Crippen LogP contribution in [0.5, 0.6) is 0 Å². The lowest BCUT2D eigenvalue weighted by molar-refractivity contribution is 0.343. The van der Waals surface area contributed by atoms with Crippen LogP contribution in [-0.2, 0) is 0 Å². The van der Waals surface area contributed by atoms with Gasteiger partial charge in [-0.25, -0.2) is 0 Å². The molecular formula is C10H19N. The minimum atomic E-state index is 0.678. The van der Waals surface area contributed by atoms with E-state index in [9.17, 15) is 0 Å². The predicted molar refractivity (Wildman–Crippen MR) is 47.5 cm³/mol. The van der Waals surface area contributed by atoms with Crippen molar-refractivity contribution in [2.75, 3.05) is 7.05 Å². The van der Waals surface area contributed by atoms with E-state index in [0.717, 1.165) is 12.0 Å². The summed E-state index contributed by atoms with van der Waals surface area (Å²) in [7, 11) is 2.12. The zero-order valence-electron chi connectivity index (χ0n) is 7.69. The van der Waals surface area contributed by atoms with Crippen molar-refractivity contribution in [2.24, 2.45) is 11.3 Å². The number of rotatable bonds is 4. The summed E-state index contributed by atoms with van der Waals surface area (Å²) in [6.45, 7) is 2.43. The van der Waals surface area contributed by atoms with Crippen LogP contribution in [0.15, 0.2) is 0 Å². The fourth-order valence-electron chi connectivity index (χ4n) is 1.98. The van der Waals surface area contributed by atoms with Crippen LogP contribution in [0.3, 0.4) is 0 Å². The Hall–Kier alpha value is -0.0400. The second-order valence-electron chi connectivity index (χ2n) is 4.67. The summed E-state index contributed by atoms with van der Waals surface area (Å²) in [6, 6.07) is 0.815. The van der Waals surface area contributed by atoms with E-state index in [4.69, 9.17) is 0 Å². The van der Waals surface area contributed by atoms with E-state index in [0.29, 0.717) is 5.41 Å². The molecule has 2 rings (SSSR count). The standard InChI is InChI=1S/C10H19N/c1-10(5-6-10)9(11-2)7-8-3-4-8/h8-9,11H,3-7H2,1-2H3. The van der Waals surface area contributed by atoms with Crippen LogP contribution in [0.4, 0.5) is 0 Å². The van der Waals surface area contributed by atoms with Gasteiger partial charge in [0.05, 0.1) is 0 Å². The molecule has 0 bridgehead atoms. The Morgan fingerprint density at radius 2 is 2.09 bits per heavy atom. The van der Waals surface area contributed by atoms with Crippen LogP contribution in [-0.4, -0.2) is 13.1 Å². The quantitative estimate of drug-likeness (QED) is 0.652. The molecular weight excluding hydrogens is 134 g/mol. The Bertz CT molecular complexity index is 145. The van der Waals surface area contributed by atoms with Crippen molar-refractivity contribution >= 4 is 0 Å². The van der Waals surface area contributed by atoms with Gasteiger partial charge in [0, 0.05) is 6.04 Å². The van der Waals surface area contributed by atoms with Crippen molar-refractivity contribution in [2.45, 2.75) is 45.1 Å². The van der Waals surface area contributed by atoms with Crippen molar-refractivity contribution in [3.05, 3.63) is 0 Å². The molecule has 0 aromatic carbocycles. The molecule has 2 saturated carbocycles. The molecule has 1 N–H and O–H groups in total. The lowest BCUT2D eigenvalue weighted by Crippen LogP contribution is -2.33. The van der Waals surface area contributed by atoms with Gasteiger partial charge in [0.1, 0.15) is 0 Å². The molecule has 2 aliphatic carbocycles. The third kappa shape index (κ3) is 1.58. The van der Waals surface area contributed by atoms with Crippen LogP contribution in [0.2, 0.25) is 0 Å². The van der Waals surface area contributed by atoms with Crippen molar-refractivity contribution in [3.8, 4) is 0 Å². The van der Waals surface area contributed by atoms with E-state index in [1.807, 2.05) is 0 Å². The van der Waals surface area contributed by atoms with Crippen molar-refractivity contribution in [1.82, 2.24) is 5.32 Å². The van der Waals surface area contributed by atoms with E-state index < -0.39 is 0 Å². The Morgan fingerprint density at radius 1 is 1.45 bits per heavy atom. The number of hydrogen-bond donors (Lipinski definition) is 1. The Kier molecular flexibility index (Phi) is 1.71. The van der Waals surface area contributed by atoms with Gasteiger partial charge >= 0.3 is 0 Å². The summed E-state index contributed by atoms with van der Waals surface area (Å²) in [6.07, 6.45) is 7.33. The molecule has 0 radical (unpaired) electrons. The summed E-state index contributed by atoms with van der Waals surface area (Å²) in [5.74, 6) is 1.07. The molecule has 0 aromatic heterocycles. The van der Waals surface area contributed by atoms with Crippen molar-refractivity contribution < 1.29 is 0 Å². The van der Waals surface area contributed by atoms with Gasteiger partial charge in [-0.05, 0) is 37.6 Å². The maximum atomic E-state index is 3.48. The Balaban J connectivity index is 1.84. The third-order valence-electron chi connectivity index (χ3n) is 3.49. The average molecular weight is 153 g/mol. The molecule has 1 heteroatoms. The lowest BCUT2D eigenvalue weighted by Gasteiger charge is -2.22. The zero-order valence-corrected chi connectivity index (χ0v) is 7.69. The minimum Gasteiger partial charge on any atom is -0.316 e. The summed E-state index contributed by atoms with van der Waals surface area (Å²) >= 11 is 0. The maximum absolute atomic E-state index is 3.48. The molecule has 64 valence electrons. The van der Waals surface area contributed by atoms with Gasteiger partial charge < -0.3 is 5.32 Å². The maximum Gasteiger partial charge on any atom is 0.0120 e. The molecule has 1 nitrogen and oxygen atoms in total. The SMILES string of the molecule is CNC(CC1CC1)C1(C)CC1. The van der Waals surface area contributed by atoms with E-state index >= 15 is 0 Å². The second kappa shape index (κ2) is 2.48. The molecule has 0 spiro atoms. The highest BCUT2D eigenvalue weighted by Crippen LogP contribution is 2.51. The molecule has 11 heavy (non-hydrogen) atoms. The molecule has 0 aromatic rings. The highest BCUT2D eigenvalue weighted by molar-refractivity contribution is 5.00. The van der Waals surface area contributed by atoms with Gasteiger partial charge in [-0.2, -0.15) is 0 Å². The molecule has 0 heterocycles. The van der Waals surface area contributed by atoms with Gasteiger partial charge in [0.15, 0.2) is 0 Å². The number of hydrogen-bond acceptors (Lipinski definition) is 1. The Labute approximate surface area is 69.6 Å². The second-order valence-corrected chi connectivity index (χ2v) is 4.67. The normalized spacial score (nSPS) is 30.0. The first kappa shape index (κ1) is 7.60. The monoisotopic (exact) mass is 153 g/mol. The predicted octanol–water partition coefficient (Wildman–Crippen LogP) is 2.17. The molecule has 0 amide bonds. The van der Waals surface area contributed by atoms with Crippen LogP contribution in [0.1, 0.15) is 39.0 Å². The van der Waals surface area contributed by atoms with Gasteiger partial charge in [-0.15, -0.1) is 0 Å². The minimum absolute atomic E-state index is 0.678. The van der Waals surface area contributed by atoms with Gasteiger partial charge in [0.2, 0.25) is 0 Å². The summed E-state index contributed by atoms with van der Waals surface area (Å²) < 4.78 is 0.